The summed E-state index contributed by atoms with van der Waals surface area (Å²) < 4.78 is 1.04. The Kier molecular flexibility index (Phi) is 3.86. The fraction of sp³-hybridized carbons (Fsp3) is 0.571. The number of carbonyl (C=O) groups is 2. The van der Waals surface area contributed by atoms with Gasteiger partial charge in [0.1, 0.15) is 6.04 Å². The lowest BCUT2D eigenvalue weighted by Crippen LogP contribution is -2.47. The molecule has 2 unspecified atom stereocenters. The van der Waals surface area contributed by atoms with Gasteiger partial charge >= 0.3 is 0 Å². The van der Waals surface area contributed by atoms with Crippen LogP contribution in [0.2, 0.25) is 0 Å². The molecule has 1 aromatic heterocycles. The Morgan fingerprint density at radius 2 is 2.20 bits per heavy atom. The van der Waals surface area contributed by atoms with Crippen molar-refractivity contribution < 1.29 is 9.59 Å². The molecule has 2 amide bonds. The molecule has 0 radical (unpaired) electrons. The monoisotopic (exact) mass is 356 g/mol. The Labute approximate surface area is 130 Å². The van der Waals surface area contributed by atoms with Crippen molar-refractivity contribution in [1.82, 2.24) is 10.2 Å². The molecule has 0 aromatic carbocycles. The number of hydrogen-bond donors (Lipinski definition) is 1. The van der Waals surface area contributed by atoms with E-state index in [2.05, 4.69) is 21.2 Å². The number of rotatable bonds is 3. The first kappa shape index (κ1) is 14.1. The van der Waals surface area contributed by atoms with E-state index in [1.54, 1.807) is 11.3 Å². The molecular weight excluding hydrogens is 340 g/mol. The van der Waals surface area contributed by atoms with Crippen LogP contribution in [-0.2, 0) is 16.1 Å². The molecule has 1 aliphatic carbocycles. The van der Waals surface area contributed by atoms with Crippen molar-refractivity contribution in [3.05, 3.63) is 20.8 Å². The van der Waals surface area contributed by atoms with Crippen LogP contribution in [-0.4, -0.2) is 28.8 Å². The Morgan fingerprint density at radius 3 is 2.80 bits per heavy atom. The molecule has 0 spiro atoms. The van der Waals surface area contributed by atoms with E-state index in [-0.39, 0.29) is 23.9 Å². The molecule has 1 aliphatic heterocycles. The number of amides is 2. The molecule has 0 bridgehead atoms. The number of nitrogens with one attached hydrogen (secondary N) is 1. The molecular formula is C14H17BrN2O2S. The molecule has 1 aromatic rings. The van der Waals surface area contributed by atoms with Gasteiger partial charge in [0.05, 0.1) is 6.54 Å². The highest BCUT2D eigenvalue weighted by Crippen LogP contribution is 2.35. The summed E-state index contributed by atoms with van der Waals surface area (Å²) >= 11 is 5.14. The van der Waals surface area contributed by atoms with Gasteiger partial charge in [0.25, 0.3) is 0 Å². The maximum atomic E-state index is 12.7. The second-order valence-electron chi connectivity index (χ2n) is 5.59. The van der Waals surface area contributed by atoms with E-state index < -0.39 is 0 Å². The molecule has 1 saturated carbocycles. The molecule has 4 nitrogen and oxygen atoms in total. The molecule has 6 heteroatoms. The molecule has 108 valence electrons. The van der Waals surface area contributed by atoms with Crippen LogP contribution in [0.1, 0.15) is 31.1 Å². The zero-order valence-corrected chi connectivity index (χ0v) is 13.7. The Bertz CT molecular complexity index is 541. The lowest BCUT2D eigenvalue weighted by molar-refractivity contribution is -0.136. The van der Waals surface area contributed by atoms with Gasteiger partial charge in [-0.25, -0.2) is 0 Å². The maximum absolute atomic E-state index is 12.7. The molecule has 1 N–H and O–H groups in total. The van der Waals surface area contributed by atoms with Crippen molar-refractivity contribution in [2.75, 3.05) is 0 Å². The summed E-state index contributed by atoms with van der Waals surface area (Å²) in [5.74, 6) is 0.410. The van der Waals surface area contributed by atoms with Gasteiger partial charge < -0.3 is 10.2 Å². The molecule has 1 saturated heterocycles. The Morgan fingerprint density at radius 1 is 1.45 bits per heavy atom. The highest BCUT2D eigenvalue weighted by atomic mass is 79.9. The maximum Gasteiger partial charge on any atom is 0.246 e. The predicted molar refractivity (Wildman–Crippen MR) is 81.3 cm³/mol. The fourth-order valence-corrected chi connectivity index (χ4v) is 4.12. The summed E-state index contributed by atoms with van der Waals surface area (Å²) in [7, 11) is 0. The predicted octanol–water partition coefficient (Wildman–Crippen LogP) is 2.53. The van der Waals surface area contributed by atoms with Crippen molar-refractivity contribution in [3.63, 3.8) is 0 Å². The minimum Gasteiger partial charge on any atom is -0.344 e. The van der Waals surface area contributed by atoms with E-state index in [0.29, 0.717) is 18.9 Å². The van der Waals surface area contributed by atoms with Crippen LogP contribution in [0.3, 0.4) is 0 Å². The quantitative estimate of drug-likeness (QED) is 0.904. The van der Waals surface area contributed by atoms with Crippen LogP contribution >= 0.6 is 27.3 Å². The van der Waals surface area contributed by atoms with Gasteiger partial charge in [0, 0.05) is 21.8 Å². The second kappa shape index (κ2) is 5.48. The average molecular weight is 357 g/mol. The molecule has 2 heterocycles. The van der Waals surface area contributed by atoms with E-state index >= 15 is 0 Å². The summed E-state index contributed by atoms with van der Waals surface area (Å²) in [6.45, 7) is 2.53. The molecule has 3 rings (SSSR count). The summed E-state index contributed by atoms with van der Waals surface area (Å²) in [4.78, 5) is 27.6. The van der Waals surface area contributed by atoms with Gasteiger partial charge in [-0.15, -0.1) is 11.3 Å². The van der Waals surface area contributed by atoms with E-state index in [9.17, 15) is 9.59 Å². The second-order valence-corrected chi connectivity index (χ2v) is 7.45. The van der Waals surface area contributed by atoms with Crippen LogP contribution in [0.25, 0.3) is 0 Å². The summed E-state index contributed by atoms with van der Waals surface area (Å²) in [5.41, 5.74) is 0. The zero-order chi connectivity index (χ0) is 14.3. The Hall–Kier alpha value is -0.880. The van der Waals surface area contributed by atoms with Crippen molar-refractivity contribution in [2.24, 2.45) is 5.92 Å². The van der Waals surface area contributed by atoms with Crippen molar-refractivity contribution >= 4 is 39.1 Å². The average Bonchev–Trinajstić information content (AvgIpc) is 3.16. The smallest absolute Gasteiger partial charge is 0.246 e. The lowest BCUT2D eigenvalue weighted by Gasteiger charge is -2.28. The third kappa shape index (κ3) is 2.76. The molecule has 2 atom stereocenters. The molecule has 2 fully saturated rings. The molecule has 20 heavy (non-hydrogen) atoms. The van der Waals surface area contributed by atoms with Crippen molar-refractivity contribution in [1.29, 1.82) is 0 Å². The third-order valence-electron chi connectivity index (χ3n) is 3.98. The van der Waals surface area contributed by atoms with Gasteiger partial charge in [-0.1, -0.05) is 0 Å². The summed E-state index contributed by atoms with van der Waals surface area (Å²) in [6.07, 6.45) is 2.47. The number of carbonyl (C=O) groups excluding carboxylic acids is 2. The van der Waals surface area contributed by atoms with Crippen LogP contribution in [0.15, 0.2) is 15.9 Å². The minimum absolute atomic E-state index is 0.00417. The largest absolute Gasteiger partial charge is 0.344 e. The van der Waals surface area contributed by atoms with Gasteiger partial charge in [-0.2, -0.15) is 0 Å². The number of hydrogen-bond acceptors (Lipinski definition) is 3. The van der Waals surface area contributed by atoms with Gasteiger partial charge in [0.15, 0.2) is 0 Å². The third-order valence-corrected chi connectivity index (χ3v) is 5.89. The van der Waals surface area contributed by atoms with Crippen LogP contribution < -0.4 is 5.32 Å². The normalized spacial score (nSPS) is 27.4. The van der Waals surface area contributed by atoms with Crippen LogP contribution in [0.5, 0.6) is 0 Å². The number of thiophene rings is 1. The van der Waals surface area contributed by atoms with Gasteiger partial charge in [-0.3, -0.25) is 9.59 Å². The fourth-order valence-electron chi connectivity index (χ4n) is 2.64. The highest BCUT2D eigenvalue weighted by Gasteiger charge is 2.42. The summed E-state index contributed by atoms with van der Waals surface area (Å²) in [5, 5.41) is 4.91. The topological polar surface area (TPSA) is 49.4 Å². The Balaban J connectivity index is 1.83. The first-order valence-electron chi connectivity index (χ1n) is 6.88. The molecule has 2 aliphatic rings. The minimum atomic E-state index is -0.314. The van der Waals surface area contributed by atoms with Crippen molar-refractivity contribution in [2.45, 2.75) is 44.8 Å². The van der Waals surface area contributed by atoms with E-state index in [1.807, 2.05) is 23.3 Å². The van der Waals surface area contributed by atoms with Gasteiger partial charge in [-0.05, 0) is 53.1 Å². The lowest BCUT2D eigenvalue weighted by atomic mass is 10.1. The highest BCUT2D eigenvalue weighted by molar-refractivity contribution is 9.10. The first-order chi connectivity index (χ1) is 9.56. The first-order valence-corrected chi connectivity index (χ1v) is 8.55. The van der Waals surface area contributed by atoms with E-state index in [4.69, 9.17) is 0 Å². The standard InChI is InChI=1S/C14H17BrN2O2S/c1-8-6-12(18)16-13(9-2-3-9)14(19)17(8)7-11-10(15)4-5-20-11/h4-5,8-9,13H,2-3,6-7H2,1H3,(H,16,18). The summed E-state index contributed by atoms with van der Waals surface area (Å²) in [6, 6.07) is 1.63. The number of nitrogens with zero attached hydrogens (tertiary/aromatic N) is 1. The van der Waals surface area contributed by atoms with Crippen LogP contribution in [0.4, 0.5) is 0 Å². The number of halogens is 1. The van der Waals surface area contributed by atoms with Crippen molar-refractivity contribution in [3.8, 4) is 0 Å². The van der Waals surface area contributed by atoms with E-state index in [0.717, 1.165) is 22.2 Å². The van der Waals surface area contributed by atoms with E-state index in [1.165, 1.54) is 0 Å². The van der Waals surface area contributed by atoms with Gasteiger partial charge in [0.2, 0.25) is 11.8 Å². The zero-order valence-electron chi connectivity index (χ0n) is 11.3. The SMILES string of the molecule is CC1CC(=O)NC(C2CC2)C(=O)N1Cc1sccc1Br. The van der Waals surface area contributed by atoms with Crippen LogP contribution in [0, 0.1) is 5.92 Å².